The first-order valence-corrected chi connectivity index (χ1v) is 11.3. The molecule has 1 atom stereocenters. The Hall–Kier alpha value is -2.67. The zero-order valence-electron chi connectivity index (χ0n) is 16.2. The molecule has 0 spiro atoms. The molecule has 1 saturated heterocycles. The Bertz CT molecular complexity index is 1170. The molecule has 0 saturated carbocycles. The van der Waals surface area contributed by atoms with Crippen molar-refractivity contribution in [1.29, 1.82) is 0 Å². The maximum absolute atomic E-state index is 14.2. The second kappa shape index (κ2) is 7.63. The zero-order chi connectivity index (χ0) is 20.6. The number of hydrogen-bond donors (Lipinski definition) is 0. The summed E-state index contributed by atoms with van der Waals surface area (Å²) in [7, 11) is -1.61. The van der Waals surface area contributed by atoms with E-state index in [4.69, 9.17) is 0 Å². The fourth-order valence-corrected chi connectivity index (χ4v) is 5.92. The van der Waals surface area contributed by atoms with Gasteiger partial charge in [-0.1, -0.05) is 36.4 Å². The maximum Gasteiger partial charge on any atom is 0.227 e. The summed E-state index contributed by atoms with van der Waals surface area (Å²) in [5, 5.41) is 0.106. The van der Waals surface area contributed by atoms with Gasteiger partial charge in [-0.25, -0.2) is 12.8 Å². The number of aryl methyl sites for hydroxylation is 1. The lowest BCUT2D eigenvalue weighted by molar-refractivity contribution is -0.130. The van der Waals surface area contributed by atoms with Gasteiger partial charge in [0.15, 0.2) is 9.84 Å². The van der Waals surface area contributed by atoms with Gasteiger partial charge in [-0.3, -0.25) is 4.79 Å². The van der Waals surface area contributed by atoms with Gasteiger partial charge in [0.2, 0.25) is 5.91 Å². The first-order valence-electron chi connectivity index (χ1n) is 9.63. The van der Waals surface area contributed by atoms with Crippen LogP contribution in [0.15, 0.2) is 54.7 Å². The van der Waals surface area contributed by atoms with Crippen LogP contribution in [-0.2, 0) is 28.1 Å². The minimum absolute atomic E-state index is 0.106. The van der Waals surface area contributed by atoms with Crippen molar-refractivity contribution < 1.29 is 17.6 Å². The number of aromatic nitrogens is 1. The van der Waals surface area contributed by atoms with E-state index in [9.17, 15) is 17.6 Å². The van der Waals surface area contributed by atoms with Crippen LogP contribution in [0.25, 0.3) is 10.9 Å². The highest BCUT2D eigenvalue weighted by Crippen LogP contribution is 2.31. The summed E-state index contributed by atoms with van der Waals surface area (Å²) in [5.41, 5.74) is 2.16. The number of halogens is 1. The van der Waals surface area contributed by atoms with E-state index < -0.39 is 20.9 Å². The van der Waals surface area contributed by atoms with Crippen molar-refractivity contribution in [2.75, 3.05) is 18.8 Å². The quantitative estimate of drug-likeness (QED) is 0.661. The number of hydrogen-bond acceptors (Lipinski definition) is 3. The third-order valence-electron chi connectivity index (χ3n) is 5.67. The number of carbonyl (C=O) groups excluding carboxylic acids is 1. The van der Waals surface area contributed by atoms with Crippen LogP contribution in [0, 0.1) is 5.82 Å². The van der Waals surface area contributed by atoms with Gasteiger partial charge in [0.25, 0.3) is 0 Å². The molecule has 7 heteroatoms. The number of benzene rings is 2. The van der Waals surface area contributed by atoms with Crippen LogP contribution in [0.2, 0.25) is 0 Å². The number of rotatable bonds is 3. The first-order chi connectivity index (χ1) is 13.9. The Kier molecular flexibility index (Phi) is 5.17. The molecule has 29 heavy (non-hydrogen) atoms. The van der Waals surface area contributed by atoms with Gasteiger partial charge >= 0.3 is 0 Å². The molecule has 2 aromatic carbocycles. The van der Waals surface area contributed by atoms with E-state index in [0.717, 1.165) is 16.5 Å². The zero-order valence-corrected chi connectivity index (χ0v) is 17.0. The Morgan fingerprint density at radius 2 is 1.83 bits per heavy atom. The van der Waals surface area contributed by atoms with Crippen molar-refractivity contribution >= 4 is 26.6 Å². The number of sulfone groups is 1. The Balaban J connectivity index is 1.54. The smallest absolute Gasteiger partial charge is 0.227 e. The number of nitrogens with zero attached hydrogens (tertiary/aromatic N) is 2. The Morgan fingerprint density at radius 3 is 2.62 bits per heavy atom. The predicted molar refractivity (Wildman–Crippen MR) is 111 cm³/mol. The van der Waals surface area contributed by atoms with E-state index >= 15 is 0 Å². The molecule has 1 aliphatic heterocycles. The van der Waals surface area contributed by atoms with Gasteiger partial charge in [0, 0.05) is 42.8 Å². The summed E-state index contributed by atoms with van der Waals surface area (Å²) >= 11 is 0. The lowest BCUT2D eigenvalue weighted by Crippen LogP contribution is -2.34. The fourth-order valence-electron chi connectivity index (χ4n) is 4.12. The maximum atomic E-state index is 14.2. The van der Waals surface area contributed by atoms with Crippen molar-refractivity contribution in [3.63, 3.8) is 0 Å². The summed E-state index contributed by atoms with van der Waals surface area (Å²) in [6.07, 6.45) is 2.36. The Labute approximate surface area is 169 Å². The molecule has 0 bridgehead atoms. The molecule has 1 aliphatic rings. The van der Waals surface area contributed by atoms with Crippen molar-refractivity contribution in [3.8, 4) is 0 Å². The molecule has 4 rings (SSSR count). The van der Waals surface area contributed by atoms with Crippen LogP contribution in [0.5, 0.6) is 0 Å². The van der Waals surface area contributed by atoms with Crippen LogP contribution in [0.1, 0.15) is 22.8 Å². The Morgan fingerprint density at radius 1 is 1.10 bits per heavy atom. The minimum Gasteiger partial charge on any atom is -0.350 e. The summed E-state index contributed by atoms with van der Waals surface area (Å²) < 4.78 is 41.7. The van der Waals surface area contributed by atoms with Crippen molar-refractivity contribution in [3.05, 3.63) is 71.7 Å². The predicted octanol–water partition coefficient (Wildman–Crippen LogP) is 3.25. The van der Waals surface area contributed by atoms with Crippen LogP contribution in [0.4, 0.5) is 4.39 Å². The van der Waals surface area contributed by atoms with E-state index in [1.165, 1.54) is 12.1 Å². The topological polar surface area (TPSA) is 59.4 Å². The second-order valence-corrected chi connectivity index (χ2v) is 9.81. The molecule has 3 aromatic rings. The molecule has 1 unspecified atom stereocenters. The highest BCUT2D eigenvalue weighted by Gasteiger charge is 2.34. The number of carbonyl (C=O) groups is 1. The van der Waals surface area contributed by atoms with Crippen LogP contribution in [0.3, 0.4) is 0 Å². The average Bonchev–Trinajstić information content (AvgIpc) is 2.91. The normalized spacial score (nSPS) is 19.2. The molecule has 1 fully saturated rings. The third kappa shape index (κ3) is 3.79. The molecule has 0 N–H and O–H groups in total. The summed E-state index contributed by atoms with van der Waals surface area (Å²) in [5.74, 6) is -0.782. The van der Waals surface area contributed by atoms with Gasteiger partial charge in [0.05, 0.1) is 17.4 Å². The van der Waals surface area contributed by atoms with Gasteiger partial charge in [-0.15, -0.1) is 0 Å². The lowest BCUT2D eigenvalue weighted by Gasteiger charge is -2.20. The third-order valence-corrected chi connectivity index (χ3v) is 7.77. The monoisotopic (exact) mass is 414 g/mol. The first kappa shape index (κ1) is 19.6. The van der Waals surface area contributed by atoms with Crippen molar-refractivity contribution in [1.82, 2.24) is 9.47 Å². The molecular formula is C22H23FN2O3S. The van der Waals surface area contributed by atoms with Gasteiger partial charge < -0.3 is 9.47 Å². The van der Waals surface area contributed by atoms with Gasteiger partial charge in [-0.05, 0) is 24.1 Å². The summed E-state index contributed by atoms with van der Waals surface area (Å²) in [4.78, 5) is 14.5. The number of para-hydroxylation sites is 1. The second-order valence-electron chi connectivity index (χ2n) is 7.51. The summed E-state index contributed by atoms with van der Waals surface area (Å²) in [6.45, 7) is 0.429. The molecule has 0 aliphatic carbocycles. The van der Waals surface area contributed by atoms with E-state index in [2.05, 4.69) is 0 Å². The van der Waals surface area contributed by atoms with Crippen molar-refractivity contribution in [2.45, 2.75) is 18.1 Å². The van der Waals surface area contributed by atoms with Gasteiger partial charge in [-0.2, -0.15) is 0 Å². The standard InChI is InChI=1S/C22H23FN2O3S/c1-24-15-16(17-6-3-5-9-20(17)24)14-22(26)25-11-10-21(29(27,28)13-12-25)18-7-2-4-8-19(18)23/h2-9,15,21H,10-14H2,1H3. The van der Waals surface area contributed by atoms with Crippen LogP contribution >= 0.6 is 0 Å². The fraction of sp³-hybridized carbons (Fsp3) is 0.318. The lowest BCUT2D eigenvalue weighted by atomic mass is 10.1. The molecule has 2 heterocycles. The van der Waals surface area contributed by atoms with Crippen molar-refractivity contribution in [2.24, 2.45) is 7.05 Å². The van der Waals surface area contributed by atoms with Crippen LogP contribution in [-0.4, -0.2) is 42.6 Å². The van der Waals surface area contributed by atoms with E-state index in [1.54, 1.807) is 17.0 Å². The average molecular weight is 415 g/mol. The minimum atomic E-state index is -3.54. The van der Waals surface area contributed by atoms with Gasteiger partial charge in [0.1, 0.15) is 5.82 Å². The highest BCUT2D eigenvalue weighted by atomic mass is 32.2. The van der Waals surface area contributed by atoms with Crippen LogP contribution < -0.4 is 0 Å². The molecule has 1 aromatic heterocycles. The molecule has 1 amide bonds. The molecule has 5 nitrogen and oxygen atoms in total. The van der Waals surface area contributed by atoms with E-state index in [-0.39, 0.29) is 36.6 Å². The molecular weight excluding hydrogens is 391 g/mol. The van der Waals surface area contributed by atoms with E-state index in [1.807, 2.05) is 42.1 Å². The largest absolute Gasteiger partial charge is 0.350 e. The molecule has 152 valence electrons. The number of amides is 1. The highest BCUT2D eigenvalue weighted by molar-refractivity contribution is 7.91. The summed E-state index contributed by atoms with van der Waals surface area (Å²) in [6, 6.07) is 13.9. The SMILES string of the molecule is Cn1cc(CC(=O)N2CCC(c3ccccc3F)S(=O)(=O)CC2)c2ccccc21. The number of fused-ring (bicyclic) bond motifs is 1. The molecule has 0 radical (unpaired) electrons. The van der Waals surface area contributed by atoms with E-state index in [0.29, 0.717) is 6.54 Å².